The number of likely N-dealkylation sites (N-methyl/N-ethyl adjacent to an activating group) is 1. The lowest BCUT2D eigenvalue weighted by molar-refractivity contribution is -0.125. The van der Waals surface area contributed by atoms with Crippen LogP contribution in [0.2, 0.25) is 0 Å². The second-order valence-electron chi connectivity index (χ2n) is 4.09. The monoisotopic (exact) mass is 218 g/mol. The standard InChI is InChI=1S/C12H11FN2O/c1-7-4-9-10(5-8(7)2)15(3)11(16)12(9,13)6-14/h4-5H,1-3H3. The summed E-state index contributed by atoms with van der Waals surface area (Å²) in [6, 6.07) is 4.78. The van der Waals surface area contributed by atoms with E-state index in [1.807, 2.05) is 13.8 Å². The fraction of sp³-hybridized carbons (Fsp3) is 0.333. The maximum absolute atomic E-state index is 14.2. The summed E-state index contributed by atoms with van der Waals surface area (Å²) in [5.74, 6) is -0.810. The van der Waals surface area contributed by atoms with Crippen molar-refractivity contribution >= 4 is 11.6 Å². The Balaban J connectivity index is 2.77. The second-order valence-corrected chi connectivity index (χ2v) is 4.09. The zero-order valence-corrected chi connectivity index (χ0v) is 9.34. The average molecular weight is 218 g/mol. The molecule has 0 saturated heterocycles. The average Bonchev–Trinajstić information content (AvgIpc) is 2.44. The van der Waals surface area contributed by atoms with E-state index in [0.29, 0.717) is 5.69 Å². The van der Waals surface area contributed by atoms with Crippen LogP contribution in [0.4, 0.5) is 10.1 Å². The molecule has 4 heteroatoms. The summed E-state index contributed by atoms with van der Waals surface area (Å²) in [5, 5.41) is 8.85. The van der Waals surface area contributed by atoms with Gasteiger partial charge in [-0.1, -0.05) is 0 Å². The molecule has 1 aliphatic rings. The molecule has 0 N–H and O–H groups in total. The number of fused-ring (bicyclic) bond motifs is 1. The van der Waals surface area contributed by atoms with E-state index in [-0.39, 0.29) is 5.56 Å². The quantitative estimate of drug-likeness (QED) is 0.668. The molecule has 3 nitrogen and oxygen atoms in total. The van der Waals surface area contributed by atoms with Crippen LogP contribution in [0.15, 0.2) is 12.1 Å². The molecule has 1 heterocycles. The Morgan fingerprint density at radius 3 is 2.50 bits per heavy atom. The van der Waals surface area contributed by atoms with E-state index in [1.165, 1.54) is 18.0 Å². The first-order valence-corrected chi connectivity index (χ1v) is 4.92. The van der Waals surface area contributed by atoms with Crippen LogP contribution in [0, 0.1) is 25.2 Å². The Labute approximate surface area is 93.1 Å². The number of nitriles is 1. The van der Waals surface area contributed by atoms with Crippen molar-refractivity contribution in [1.82, 2.24) is 0 Å². The Morgan fingerprint density at radius 2 is 1.94 bits per heavy atom. The van der Waals surface area contributed by atoms with Crippen LogP contribution in [0.5, 0.6) is 0 Å². The van der Waals surface area contributed by atoms with Crippen LogP contribution in [-0.4, -0.2) is 13.0 Å². The van der Waals surface area contributed by atoms with Gasteiger partial charge < -0.3 is 4.90 Å². The summed E-state index contributed by atoms with van der Waals surface area (Å²) in [4.78, 5) is 12.9. The van der Waals surface area contributed by atoms with E-state index in [2.05, 4.69) is 0 Å². The number of anilines is 1. The van der Waals surface area contributed by atoms with Gasteiger partial charge in [-0.3, -0.25) is 4.79 Å². The normalized spacial score (nSPS) is 23.2. The number of amides is 1. The molecular formula is C12H11FN2O. The summed E-state index contributed by atoms with van der Waals surface area (Å²) < 4.78 is 14.2. The molecule has 0 spiro atoms. The lowest BCUT2D eigenvalue weighted by atomic mass is 9.95. The minimum Gasteiger partial charge on any atom is -0.311 e. The highest BCUT2D eigenvalue weighted by atomic mass is 19.1. The predicted octanol–water partition coefficient (Wildman–Crippen LogP) is 1.97. The molecule has 2 rings (SSSR count). The fourth-order valence-electron chi connectivity index (χ4n) is 1.92. The van der Waals surface area contributed by atoms with Crippen LogP contribution in [0.3, 0.4) is 0 Å². The van der Waals surface area contributed by atoms with E-state index in [1.54, 1.807) is 12.1 Å². The lowest BCUT2D eigenvalue weighted by Gasteiger charge is -2.10. The fourth-order valence-corrected chi connectivity index (χ4v) is 1.92. The Hall–Kier alpha value is -1.89. The summed E-state index contributed by atoms with van der Waals surface area (Å²) in [6.45, 7) is 3.72. The van der Waals surface area contributed by atoms with E-state index < -0.39 is 11.6 Å². The Kier molecular flexibility index (Phi) is 2.02. The minimum atomic E-state index is -2.53. The number of hydrogen-bond donors (Lipinski definition) is 0. The van der Waals surface area contributed by atoms with Crippen molar-refractivity contribution in [3.8, 4) is 6.07 Å². The molecule has 0 radical (unpaired) electrons. The topological polar surface area (TPSA) is 44.1 Å². The molecule has 0 fully saturated rings. The third-order valence-electron chi connectivity index (χ3n) is 3.10. The van der Waals surface area contributed by atoms with Gasteiger partial charge in [-0.2, -0.15) is 5.26 Å². The van der Waals surface area contributed by atoms with Crippen LogP contribution >= 0.6 is 0 Å². The first-order chi connectivity index (χ1) is 7.41. The van der Waals surface area contributed by atoms with E-state index in [9.17, 15) is 9.18 Å². The van der Waals surface area contributed by atoms with Gasteiger partial charge >= 0.3 is 5.67 Å². The molecule has 1 unspecified atom stereocenters. The molecule has 0 bridgehead atoms. The molecule has 1 aromatic carbocycles. The van der Waals surface area contributed by atoms with Crippen LogP contribution in [0.25, 0.3) is 0 Å². The minimum absolute atomic E-state index is 0.158. The molecule has 1 atom stereocenters. The number of hydrogen-bond acceptors (Lipinski definition) is 2. The lowest BCUT2D eigenvalue weighted by Crippen LogP contribution is -2.33. The van der Waals surface area contributed by atoms with Gasteiger partial charge in [0.15, 0.2) is 0 Å². The molecule has 1 aliphatic heterocycles. The van der Waals surface area contributed by atoms with Crippen molar-refractivity contribution in [2.45, 2.75) is 19.5 Å². The van der Waals surface area contributed by atoms with Gasteiger partial charge in [0.25, 0.3) is 5.91 Å². The van der Waals surface area contributed by atoms with E-state index >= 15 is 0 Å². The Morgan fingerprint density at radius 1 is 1.38 bits per heavy atom. The number of carbonyl (C=O) groups excluding carboxylic acids is 1. The molecule has 16 heavy (non-hydrogen) atoms. The van der Waals surface area contributed by atoms with Crippen LogP contribution in [-0.2, 0) is 10.5 Å². The molecule has 1 amide bonds. The molecule has 0 aromatic heterocycles. The van der Waals surface area contributed by atoms with E-state index in [0.717, 1.165) is 11.1 Å². The highest BCUT2D eigenvalue weighted by Gasteiger charge is 2.51. The number of rotatable bonds is 0. The highest BCUT2D eigenvalue weighted by molar-refractivity contribution is 6.08. The highest BCUT2D eigenvalue weighted by Crippen LogP contribution is 2.43. The van der Waals surface area contributed by atoms with Crippen molar-refractivity contribution in [3.05, 3.63) is 28.8 Å². The first kappa shape index (κ1) is 10.6. The zero-order valence-electron chi connectivity index (χ0n) is 9.34. The Bertz CT molecular complexity index is 533. The summed E-state index contributed by atoms with van der Waals surface area (Å²) >= 11 is 0. The second kappa shape index (κ2) is 3.05. The van der Waals surface area contributed by atoms with Gasteiger partial charge in [-0.05, 0) is 37.1 Å². The number of alkyl halides is 1. The van der Waals surface area contributed by atoms with Gasteiger partial charge in [0.05, 0.1) is 5.69 Å². The third-order valence-corrected chi connectivity index (χ3v) is 3.10. The SMILES string of the molecule is Cc1cc2c(cc1C)C(F)(C#N)C(=O)N2C. The van der Waals surface area contributed by atoms with E-state index in [4.69, 9.17) is 5.26 Å². The molecular weight excluding hydrogens is 207 g/mol. The summed E-state index contributed by atoms with van der Waals surface area (Å²) in [6.07, 6.45) is 0. The van der Waals surface area contributed by atoms with Crippen LogP contribution < -0.4 is 4.90 Å². The molecule has 82 valence electrons. The first-order valence-electron chi connectivity index (χ1n) is 4.92. The predicted molar refractivity (Wildman–Crippen MR) is 57.7 cm³/mol. The maximum Gasteiger partial charge on any atom is 0.300 e. The van der Waals surface area contributed by atoms with Gasteiger partial charge in [0, 0.05) is 12.6 Å². The third kappa shape index (κ3) is 1.09. The van der Waals surface area contributed by atoms with Crippen LogP contribution in [0.1, 0.15) is 16.7 Å². The molecule has 1 aromatic rings. The number of nitrogens with zero attached hydrogens (tertiary/aromatic N) is 2. The zero-order chi connectivity index (χ0) is 12.1. The van der Waals surface area contributed by atoms with Crippen molar-refractivity contribution in [1.29, 1.82) is 5.26 Å². The van der Waals surface area contributed by atoms with Crippen molar-refractivity contribution in [2.75, 3.05) is 11.9 Å². The van der Waals surface area contributed by atoms with Crippen molar-refractivity contribution in [2.24, 2.45) is 0 Å². The summed E-state index contributed by atoms with van der Waals surface area (Å²) in [7, 11) is 1.48. The van der Waals surface area contributed by atoms with Gasteiger partial charge in [-0.15, -0.1) is 0 Å². The molecule has 0 saturated carbocycles. The number of halogens is 1. The van der Waals surface area contributed by atoms with Crippen molar-refractivity contribution in [3.63, 3.8) is 0 Å². The number of benzene rings is 1. The summed E-state index contributed by atoms with van der Waals surface area (Å²) in [5.41, 5.74) is -0.0369. The van der Waals surface area contributed by atoms with Gasteiger partial charge in [-0.25, -0.2) is 4.39 Å². The van der Waals surface area contributed by atoms with Gasteiger partial charge in [0.1, 0.15) is 6.07 Å². The maximum atomic E-state index is 14.2. The van der Waals surface area contributed by atoms with Gasteiger partial charge in [0.2, 0.25) is 0 Å². The van der Waals surface area contributed by atoms with Crippen molar-refractivity contribution < 1.29 is 9.18 Å². The largest absolute Gasteiger partial charge is 0.311 e. The number of aryl methyl sites for hydroxylation is 2. The number of carbonyl (C=O) groups is 1. The molecule has 0 aliphatic carbocycles. The smallest absolute Gasteiger partial charge is 0.300 e.